The minimum atomic E-state index is -0.480. The number of nitrogens with zero attached hydrogens (tertiary/aromatic N) is 1. The van der Waals surface area contributed by atoms with Gasteiger partial charge < -0.3 is 10.2 Å². The molecule has 1 fully saturated rings. The molecule has 1 aliphatic carbocycles. The van der Waals surface area contributed by atoms with E-state index in [0.717, 1.165) is 0 Å². The van der Waals surface area contributed by atoms with Crippen LogP contribution >= 0.6 is 22.6 Å². The van der Waals surface area contributed by atoms with Crippen LogP contribution in [-0.2, 0) is 6.54 Å². The number of H-pyrrole nitrogens is 1. The van der Waals surface area contributed by atoms with Crippen molar-refractivity contribution in [2.75, 3.05) is 13.2 Å². The summed E-state index contributed by atoms with van der Waals surface area (Å²) in [7, 11) is 0. The van der Waals surface area contributed by atoms with Crippen molar-refractivity contribution >= 4 is 22.6 Å². The Morgan fingerprint density at radius 2 is 2.24 bits per heavy atom. The van der Waals surface area contributed by atoms with Gasteiger partial charge in [0.25, 0.3) is 5.56 Å². The second kappa shape index (κ2) is 4.54. The van der Waals surface area contributed by atoms with E-state index in [0.29, 0.717) is 16.5 Å². The molecule has 1 aromatic heterocycles. The molecule has 0 aliphatic heterocycles. The second-order valence-corrected chi connectivity index (χ2v) is 5.63. The highest BCUT2D eigenvalue weighted by atomic mass is 127. The minimum Gasteiger partial charge on any atom is -0.396 e. The van der Waals surface area contributed by atoms with Gasteiger partial charge in [-0.1, -0.05) is 0 Å². The maximum atomic E-state index is 11.6. The third kappa shape index (κ3) is 2.31. The number of nitrogens with one attached hydrogen (secondary N) is 1. The molecule has 0 aromatic carbocycles. The smallest absolute Gasteiger partial charge is 0.328 e. The highest BCUT2D eigenvalue weighted by molar-refractivity contribution is 14.1. The number of hydrogen-bond donors (Lipinski definition) is 3. The SMILES string of the molecule is O=c1[nH]c(=O)n(CC2(CO)CC2CO)cc1I. The Kier molecular flexibility index (Phi) is 3.41. The number of aromatic nitrogens is 2. The van der Waals surface area contributed by atoms with Crippen molar-refractivity contribution in [2.24, 2.45) is 11.3 Å². The fourth-order valence-electron chi connectivity index (χ4n) is 2.07. The lowest BCUT2D eigenvalue weighted by atomic mass is 10.1. The van der Waals surface area contributed by atoms with E-state index in [9.17, 15) is 14.7 Å². The van der Waals surface area contributed by atoms with Crippen molar-refractivity contribution in [1.82, 2.24) is 9.55 Å². The zero-order valence-electron chi connectivity index (χ0n) is 9.02. The normalized spacial score (nSPS) is 27.1. The molecule has 1 saturated carbocycles. The quantitative estimate of drug-likeness (QED) is 0.614. The molecule has 6 nitrogen and oxygen atoms in total. The van der Waals surface area contributed by atoms with Crippen molar-refractivity contribution in [3.63, 3.8) is 0 Å². The van der Waals surface area contributed by atoms with Crippen LogP contribution in [0.2, 0.25) is 0 Å². The van der Waals surface area contributed by atoms with Gasteiger partial charge in [-0.15, -0.1) is 0 Å². The van der Waals surface area contributed by atoms with E-state index in [1.54, 1.807) is 0 Å². The van der Waals surface area contributed by atoms with Crippen molar-refractivity contribution in [3.8, 4) is 0 Å². The fraction of sp³-hybridized carbons (Fsp3) is 0.600. The van der Waals surface area contributed by atoms with Crippen LogP contribution < -0.4 is 11.2 Å². The monoisotopic (exact) mass is 352 g/mol. The van der Waals surface area contributed by atoms with Crippen LogP contribution in [0.15, 0.2) is 15.8 Å². The maximum Gasteiger partial charge on any atom is 0.328 e. The topological polar surface area (TPSA) is 95.3 Å². The van der Waals surface area contributed by atoms with Gasteiger partial charge in [-0.05, 0) is 34.9 Å². The van der Waals surface area contributed by atoms with Gasteiger partial charge in [0.15, 0.2) is 0 Å². The number of hydrogen-bond acceptors (Lipinski definition) is 4. The van der Waals surface area contributed by atoms with Crippen LogP contribution in [0.5, 0.6) is 0 Å². The molecule has 0 amide bonds. The molecular weight excluding hydrogens is 339 g/mol. The van der Waals surface area contributed by atoms with Crippen molar-refractivity contribution < 1.29 is 10.2 Å². The van der Waals surface area contributed by atoms with Gasteiger partial charge in [-0.25, -0.2) is 4.79 Å². The molecule has 94 valence electrons. The summed E-state index contributed by atoms with van der Waals surface area (Å²) in [5.41, 5.74) is -1.30. The number of aromatic amines is 1. The summed E-state index contributed by atoms with van der Waals surface area (Å²) in [6.45, 7) is 0.260. The molecule has 0 spiro atoms. The first-order valence-electron chi connectivity index (χ1n) is 5.23. The summed E-state index contributed by atoms with van der Waals surface area (Å²) in [6, 6.07) is 0. The van der Waals surface area contributed by atoms with Gasteiger partial charge in [-0.3, -0.25) is 14.3 Å². The van der Waals surface area contributed by atoms with Crippen molar-refractivity contribution in [2.45, 2.75) is 13.0 Å². The summed E-state index contributed by atoms with van der Waals surface area (Å²) >= 11 is 1.85. The summed E-state index contributed by atoms with van der Waals surface area (Å²) in [5.74, 6) is 0.0315. The van der Waals surface area contributed by atoms with Gasteiger partial charge in [0.1, 0.15) is 0 Å². The Morgan fingerprint density at radius 1 is 1.53 bits per heavy atom. The first kappa shape index (κ1) is 12.8. The first-order chi connectivity index (χ1) is 8.02. The van der Waals surface area contributed by atoms with Crippen LogP contribution in [0.1, 0.15) is 6.42 Å². The summed E-state index contributed by atoms with van der Waals surface area (Å²) in [5, 5.41) is 18.4. The molecule has 3 N–H and O–H groups in total. The third-order valence-electron chi connectivity index (χ3n) is 3.35. The van der Waals surface area contributed by atoms with Crippen LogP contribution in [-0.4, -0.2) is 33.0 Å². The van der Waals surface area contributed by atoms with Gasteiger partial charge in [-0.2, -0.15) is 0 Å². The molecule has 2 unspecified atom stereocenters. The molecule has 1 aromatic rings. The molecule has 1 aliphatic rings. The Balaban J connectivity index is 2.28. The van der Waals surface area contributed by atoms with Crippen LogP contribution in [0.25, 0.3) is 0 Å². The van der Waals surface area contributed by atoms with Gasteiger partial charge >= 0.3 is 5.69 Å². The average Bonchev–Trinajstić information content (AvgIpc) is 3.00. The predicted octanol–water partition coefficient (Wildman–Crippen LogP) is -0.868. The average molecular weight is 352 g/mol. The molecule has 0 saturated heterocycles. The lowest BCUT2D eigenvalue weighted by Gasteiger charge is -2.15. The number of rotatable bonds is 4. The fourth-order valence-corrected chi connectivity index (χ4v) is 2.54. The zero-order chi connectivity index (χ0) is 12.6. The zero-order valence-corrected chi connectivity index (χ0v) is 11.2. The van der Waals surface area contributed by atoms with E-state index in [4.69, 9.17) is 5.11 Å². The van der Waals surface area contributed by atoms with Crippen LogP contribution in [0.3, 0.4) is 0 Å². The number of halogens is 1. The lowest BCUT2D eigenvalue weighted by Crippen LogP contribution is -2.34. The first-order valence-corrected chi connectivity index (χ1v) is 6.31. The molecule has 0 bridgehead atoms. The third-order valence-corrected chi connectivity index (χ3v) is 4.12. The highest BCUT2D eigenvalue weighted by Gasteiger charge is 2.53. The molecule has 7 heteroatoms. The van der Waals surface area contributed by atoms with Crippen LogP contribution in [0.4, 0.5) is 0 Å². The summed E-state index contributed by atoms with van der Waals surface area (Å²) < 4.78 is 1.81. The van der Waals surface area contributed by atoms with Gasteiger partial charge in [0, 0.05) is 24.8 Å². The minimum absolute atomic E-state index is 0.00968. The van der Waals surface area contributed by atoms with Crippen LogP contribution in [0, 0.1) is 14.9 Å². The Labute approximate surface area is 110 Å². The Bertz CT molecular complexity index is 538. The van der Waals surface area contributed by atoms with Gasteiger partial charge in [0.2, 0.25) is 0 Å². The highest BCUT2D eigenvalue weighted by Crippen LogP contribution is 2.52. The van der Waals surface area contributed by atoms with E-state index in [1.165, 1.54) is 10.8 Å². The molecule has 1 heterocycles. The van der Waals surface area contributed by atoms with Crippen molar-refractivity contribution in [3.05, 3.63) is 30.6 Å². The largest absolute Gasteiger partial charge is 0.396 e. The molecular formula is C10H13IN2O4. The predicted molar refractivity (Wildman–Crippen MR) is 68.8 cm³/mol. The van der Waals surface area contributed by atoms with E-state index in [2.05, 4.69) is 4.98 Å². The summed E-state index contributed by atoms with van der Waals surface area (Å²) in [6.07, 6.45) is 2.17. The molecule has 0 radical (unpaired) electrons. The van der Waals surface area contributed by atoms with Crippen molar-refractivity contribution in [1.29, 1.82) is 0 Å². The molecule has 17 heavy (non-hydrogen) atoms. The van der Waals surface area contributed by atoms with E-state index in [-0.39, 0.29) is 19.1 Å². The lowest BCUT2D eigenvalue weighted by molar-refractivity contribution is 0.156. The van der Waals surface area contributed by atoms with E-state index in [1.807, 2.05) is 22.6 Å². The van der Waals surface area contributed by atoms with Gasteiger partial charge in [0.05, 0.1) is 10.2 Å². The Hall–Kier alpha value is -0.670. The number of aliphatic hydroxyl groups excluding tert-OH is 2. The summed E-state index contributed by atoms with van der Waals surface area (Å²) in [4.78, 5) is 25.0. The standard InChI is InChI=1S/C10H13IN2O4/c11-7-2-13(9(17)12-8(7)16)4-10(5-15)1-6(10)3-14/h2,6,14-15H,1,3-5H2,(H,12,16,17). The maximum absolute atomic E-state index is 11.6. The second-order valence-electron chi connectivity index (χ2n) is 4.47. The van der Waals surface area contributed by atoms with E-state index < -0.39 is 16.7 Å². The Morgan fingerprint density at radius 3 is 2.76 bits per heavy atom. The molecule has 2 atom stereocenters. The number of aliphatic hydroxyl groups is 2. The molecule has 2 rings (SSSR count). The van der Waals surface area contributed by atoms with E-state index >= 15 is 0 Å².